The van der Waals surface area contributed by atoms with Crippen LogP contribution in [0, 0.1) is 12.8 Å². The molecule has 2 saturated heterocycles. The molecule has 0 saturated carbocycles. The Bertz CT molecular complexity index is 650. The zero-order valence-corrected chi connectivity index (χ0v) is 14.4. The maximum atomic E-state index is 12.4. The van der Waals surface area contributed by atoms with Crippen molar-refractivity contribution in [2.24, 2.45) is 5.92 Å². The predicted octanol–water partition coefficient (Wildman–Crippen LogP) is 2.24. The molecule has 2 aliphatic rings. The molecule has 2 heterocycles. The lowest BCUT2D eigenvalue weighted by Gasteiger charge is -2.19. The van der Waals surface area contributed by atoms with Crippen LogP contribution in [-0.4, -0.2) is 42.2 Å². The van der Waals surface area contributed by atoms with Crippen molar-refractivity contribution in [2.45, 2.75) is 39.3 Å². The van der Waals surface area contributed by atoms with Crippen LogP contribution in [0.15, 0.2) is 18.2 Å². The first-order valence-corrected chi connectivity index (χ1v) is 8.31. The molecule has 6 nitrogen and oxygen atoms in total. The first-order valence-electron chi connectivity index (χ1n) is 8.31. The fraction of sp³-hybridized carbons (Fsp3) is 0.556. The van der Waals surface area contributed by atoms with Crippen LogP contribution in [0.25, 0.3) is 0 Å². The molecule has 0 aromatic heterocycles. The number of aryl methyl sites for hydroxylation is 1. The van der Waals surface area contributed by atoms with E-state index in [1.807, 2.05) is 25.1 Å². The number of urea groups is 1. The minimum Gasteiger partial charge on any atom is -0.493 e. The van der Waals surface area contributed by atoms with Gasteiger partial charge in [-0.2, -0.15) is 0 Å². The highest BCUT2D eigenvalue weighted by Crippen LogP contribution is 2.26. The summed E-state index contributed by atoms with van der Waals surface area (Å²) in [6.45, 7) is 7.72. The van der Waals surface area contributed by atoms with Crippen molar-refractivity contribution >= 4 is 11.9 Å². The van der Waals surface area contributed by atoms with Gasteiger partial charge in [-0.05, 0) is 38.8 Å². The lowest BCUT2D eigenvalue weighted by atomic mass is 10.1. The molecule has 0 radical (unpaired) electrons. The topological polar surface area (TPSA) is 67.9 Å². The summed E-state index contributed by atoms with van der Waals surface area (Å²) in [7, 11) is 0. The van der Waals surface area contributed by atoms with Gasteiger partial charge in [0.2, 0.25) is 0 Å². The van der Waals surface area contributed by atoms with Gasteiger partial charge >= 0.3 is 6.03 Å². The Labute approximate surface area is 142 Å². The molecule has 3 amide bonds. The van der Waals surface area contributed by atoms with E-state index >= 15 is 0 Å². The normalized spacial score (nSPS) is 22.8. The molecule has 1 aromatic rings. The summed E-state index contributed by atoms with van der Waals surface area (Å²) in [6, 6.07) is 5.47. The van der Waals surface area contributed by atoms with E-state index in [9.17, 15) is 9.59 Å². The third-order valence-corrected chi connectivity index (χ3v) is 4.49. The van der Waals surface area contributed by atoms with Crippen LogP contribution < -0.4 is 10.1 Å². The molecule has 1 atom stereocenters. The Morgan fingerprint density at radius 2 is 2.17 bits per heavy atom. The van der Waals surface area contributed by atoms with Gasteiger partial charge in [-0.25, -0.2) is 4.79 Å². The van der Waals surface area contributed by atoms with E-state index in [1.165, 1.54) is 4.90 Å². The van der Waals surface area contributed by atoms with Crippen molar-refractivity contribution in [1.82, 2.24) is 10.2 Å². The summed E-state index contributed by atoms with van der Waals surface area (Å²) in [5.74, 6) is 0.907. The molecule has 1 unspecified atom stereocenters. The molecule has 0 bridgehead atoms. The summed E-state index contributed by atoms with van der Waals surface area (Å²) in [5.41, 5.74) is 1.05. The predicted molar refractivity (Wildman–Crippen MR) is 88.8 cm³/mol. The first-order chi connectivity index (χ1) is 11.4. The molecule has 130 valence electrons. The van der Waals surface area contributed by atoms with Crippen LogP contribution in [0.5, 0.6) is 5.75 Å². The Hall–Kier alpha value is -2.08. The molecule has 1 aromatic carbocycles. The minimum absolute atomic E-state index is 0.213. The third-order valence-electron chi connectivity index (χ3n) is 4.49. The van der Waals surface area contributed by atoms with Gasteiger partial charge in [0.15, 0.2) is 0 Å². The van der Waals surface area contributed by atoms with E-state index in [4.69, 9.17) is 9.47 Å². The molecule has 6 heteroatoms. The van der Waals surface area contributed by atoms with Gasteiger partial charge in [0.1, 0.15) is 11.3 Å². The standard InChI is InChI=1S/C18H24N2O4/c1-12-4-5-14(9-20-16(21)18(2,3)19-17(20)22)15(8-12)24-11-13-6-7-23-10-13/h4-5,8,13H,6-7,9-11H2,1-3H3,(H,19,22). The molecule has 2 fully saturated rings. The van der Waals surface area contributed by atoms with Crippen molar-refractivity contribution < 1.29 is 19.1 Å². The fourth-order valence-electron chi connectivity index (χ4n) is 2.98. The number of nitrogens with zero attached hydrogens (tertiary/aromatic N) is 1. The first kappa shape index (κ1) is 16.8. The molecule has 1 N–H and O–H groups in total. The number of rotatable bonds is 5. The zero-order valence-electron chi connectivity index (χ0n) is 14.4. The van der Waals surface area contributed by atoms with Crippen LogP contribution in [0.3, 0.4) is 0 Å². The molecule has 0 spiro atoms. The number of nitrogens with one attached hydrogen (secondary N) is 1. The van der Waals surface area contributed by atoms with Crippen molar-refractivity contribution in [3.63, 3.8) is 0 Å². The summed E-state index contributed by atoms with van der Waals surface area (Å²) in [6.07, 6.45) is 1.00. The van der Waals surface area contributed by atoms with E-state index < -0.39 is 5.54 Å². The highest BCUT2D eigenvalue weighted by molar-refractivity contribution is 6.06. The number of amides is 3. The highest BCUT2D eigenvalue weighted by atomic mass is 16.5. The third kappa shape index (κ3) is 3.38. The molecule has 24 heavy (non-hydrogen) atoms. The van der Waals surface area contributed by atoms with Gasteiger partial charge in [-0.15, -0.1) is 0 Å². The number of imide groups is 1. The summed E-state index contributed by atoms with van der Waals surface area (Å²) < 4.78 is 11.4. The van der Waals surface area contributed by atoms with Crippen LogP contribution in [-0.2, 0) is 16.1 Å². The number of benzene rings is 1. The number of carbonyl (C=O) groups is 2. The van der Waals surface area contributed by atoms with Gasteiger partial charge in [0, 0.05) is 18.1 Å². The second-order valence-corrected chi connectivity index (χ2v) is 7.10. The number of hydrogen-bond donors (Lipinski definition) is 1. The summed E-state index contributed by atoms with van der Waals surface area (Å²) in [5, 5.41) is 2.70. The van der Waals surface area contributed by atoms with E-state index in [1.54, 1.807) is 13.8 Å². The maximum Gasteiger partial charge on any atom is 0.325 e. The van der Waals surface area contributed by atoms with Crippen LogP contribution in [0.4, 0.5) is 4.79 Å². The SMILES string of the molecule is Cc1ccc(CN2C(=O)NC(C)(C)C2=O)c(OCC2CCOC2)c1. The van der Waals surface area contributed by atoms with E-state index in [-0.39, 0.29) is 18.5 Å². The molecular weight excluding hydrogens is 308 g/mol. The Kier molecular flexibility index (Phi) is 4.49. The van der Waals surface area contributed by atoms with Crippen molar-refractivity contribution in [3.05, 3.63) is 29.3 Å². The Morgan fingerprint density at radius 1 is 1.38 bits per heavy atom. The average Bonchev–Trinajstić information content (AvgIpc) is 3.09. The van der Waals surface area contributed by atoms with Gasteiger partial charge in [0.05, 0.1) is 19.8 Å². The smallest absolute Gasteiger partial charge is 0.325 e. The molecular formula is C18H24N2O4. The number of ether oxygens (including phenoxy) is 2. The quantitative estimate of drug-likeness (QED) is 0.840. The zero-order chi connectivity index (χ0) is 17.3. The van der Waals surface area contributed by atoms with Crippen molar-refractivity contribution in [1.29, 1.82) is 0 Å². The highest BCUT2D eigenvalue weighted by Gasteiger charge is 2.44. The van der Waals surface area contributed by atoms with Gasteiger partial charge in [-0.3, -0.25) is 9.69 Å². The van der Waals surface area contributed by atoms with Crippen molar-refractivity contribution in [2.75, 3.05) is 19.8 Å². The van der Waals surface area contributed by atoms with E-state index in [2.05, 4.69) is 5.32 Å². The second-order valence-electron chi connectivity index (χ2n) is 7.10. The van der Waals surface area contributed by atoms with Gasteiger partial charge in [0.25, 0.3) is 5.91 Å². The van der Waals surface area contributed by atoms with E-state index in [0.717, 1.165) is 36.5 Å². The second kappa shape index (κ2) is 6.43. The summed E-state index contributed by atoms with van der Waals surface area (Å²) >= 11 is 0. The van der Waals surface area contributed by atoms with Gasteiger partial charge in [-0.1, -0.05) is 12.1 Å². The van der Waals surface area contributed by atoms with Crippen LogP contribution >= 0.6 is 0 Å². The molecule has 2 aliphatic heterocycles. The number of carbonyl (C=O) groups excluding carboxylic acids is 2. The average molecular weight is 332 g/mol. The number of hydrogen-bond acceptors (Lipinski definition) is 4. The molecule has 0 aliphatic carbocycles. The maximum absolute atomic E-state index is 12.4. The monoisotopic (exact) mass is 332 g/mol. The lowest BCUT2D eigenvalue weighted by Crippen LogP contribution is -2.40. The summed E-state index contributed by atoms with van der Waals surface area (Å²) in [4.78, 5) is 25.7. The minimum atomic E-state index is -0.857. The van der Waals surface area contributed by atoms with Gasteiger partial charge < -0.3 is 14.8 Å². The van der Waals surface area contributed by atoms with Crippen LogP contribution in [0.1, 0.15) is 31.4 Å². The fourth-order valence-corrected chi connectivity index (χ4v) is 2.98. The van der Waals surface area contributed by atoms with E-state index in [0.29, 0.717) is 12.5 Å². The van der Waals surface area contributed by atoms with Crippen molar-refractivity contribution in [3.8, 4) is 5.75 Å². The Morgan fingerprint density at radius 3 is 2.79 bits per heavy atom. The lowest BCUT2D eigenvalue weighted by molar-refractivity contribution is -0.130. The Balaban J connectivity index is 1.75. The van der Waals surface area contributed by atoms with Crippen LogP contribution in [0.2, 0.25) is 0 Å². The largest absolute Gasteiger partial charge is 0.493 e. The molecule has 3 rings (SSSR count).